The summed E-state index contributed by atoms with van der Waals surface area (Å²) in [5.41, 5.74) is 0.181. The van der Waals surface area contributed by atoms with Gasteiger partial charge in [-0.15, -0.1) is 0 Å². The van der Waals surface area contributed by atoms with E-state index < -0.39 is 12.6 Å². The van der Waals surface area contributed by atoms with E-state index in [1.807, 2.05) is 0 Å². The quantitative estimate of drug-likeness (QED) is 0.846. The molecule has 4 nitrogen and oxygen atoms in total. The maximum atomic E-state index is 12.1. The lowest BCUT2D eigenvalue weighted by Gasteiger charge is -2.04. The van der Waals surface area contributed by atoms with E-state index in [2.05, 4.69) is 9.72 Å². The molecular weight excluding hydrogens is 220 g/mol. The molecule has 0 bridgehead atoms. The van der Waals surface area contributed by atoms with Gasteiger partial charge in [0.15, 0.2) is 0 Å². The van der Waals surface area contributed by atoms with Gasteiger partial charge >= 0.3 is 12.6 Å². The van der Waals surface area contributed by atoms with E-state index in [0.717, 1.165) is 0 Å². The van der Waals surface area contributed by atoms with E-state index in [1.165, 1.54) is 18.2 Å². The van der Waals surface area contributed by atoms with Gasteiger partial charge in [-0.1, -0.05) is 12.1 Å². The summed E-state index contributed by atoms with van der Waals surface area (Å²) in [4.78, 5) is 13.2. The molecule has 2 N–H and O–H groups in total. The van der Waals surface area contributed by atoms with Crippen LogP contribution in [0.15, 0.2) is 24.3 Å². The number of H-pyrrole nitrogens is 1. The molecule has 0 radical (unpaired) electrons. The van der Waals surface area contributed by atoms with Crippen LogP contribution in [0.1, 0.15) is 10.5 Å². The van der Waals surface area contributed by atoms with Crippen molar-refractivity contribution in [3.05, 3.63) is 30.0 Å². The SMILES string of the molecule is O=C(O)c1cc2cccc(OC(F)F)c2[nH]1. The Bertz CT molecular complexity index is 536. The molecule has 0 saturated carbocycles. The first-order valence-corrected chi connectivity index (χ1v) is 4.38. The molecular formula is C10H7F2NO3. The summed E-state index contributed by atoms with van der Waals surface area (Å²) in [5, 5.41) is 9.25. The molecule has 2 aromatic rings. The molecule has 1 aromatic heterocycles. The molecule has 16 heavy (non-hydrogen) atoms. The predicted octanol–water partition coefficient (Wildman–Crippen LogP) is 2.47. The first-order valence-electron chi connectivity index (χ1n) is 4.38. The van der Waals surface area contributed by atoms with Gasteiger partial charge in [0.25, 0.3) is 0 Å². The second-order valence-electron chi connectivity index (χ2n) is 3.09. The normalized spacial score (nSPS) is 10.9. The number of aromatic nitrogens is 1. The maximum absolute atomic E-state index is 12.1. The van der Waals surface area contributed by atoms with Crippen LogP contribution in [-0.4, -0.2) is 22.7 Å². The third kappa shape index (κ3) is 1.81. The molecule has 0 spiro atoms. The molecule has 0 aliphatic rings. The summed E-state index contributed by atoms with van der Waals surface area (Å²) >= 11 is 0. The van der Waals surface area contributed by atoms with Crippen LogP contribution in [0, 0.1) is 0 Å². The van der Waals surface area contributed by atoms with Crippen molar-refractivity contribution in [1.29, 1.82) is 0 Å². The van der Waals surface area contributed by atoms with Crippen molar-refractivity contribution in [2.45, 2.75) is 6.61 Å². The number of hydrogen-bond donors (Lipinski definition) is 2. The highest BCUT2D eigenvalue weighted by Crippen LogP contribution is 2.26. The number of para-hydroxylation sites is 1. The number of carboxylic acid groups (broad SMARTS) is 1. The van der Waals surface area contributed by atoms with E-state index >= 15 is 0 Å². The van der Waals surface area contributed by atoms with Crippen molar-refractivity contribution in [1.82, 2.24) is 4.98 Å². The minimum atomic E-state index is -2.94. The van der Waals surface area contributed by atoms with Crippen LogP contribution in [0.2, 0.25) is 0 Å². The molecule has 1 heterocycles. The second kappa shape index (κ2) is 3.80. The van der Waals surface area contributed by atoms with Gasteiger partial charge in [0.05, 0.1) is 5.52 Å². The van der Waals surface area contributed by atoms with Gasteiger partial charge in [-0.05, 0) is 12.1 Å². The van der Waals surface area contributed by atoms with Crippen LogP contribution in [0.4, 0.5) is 8.78 Å². The maximum Gasteiger partial charge on any atom is 0.387 e. The number of aromatic carboxylic acids is 1. The summed E-state index contributed by atoms with van der Waals surface area (Å²) in [5.74, 6) is -1.22. The highest BCUT2D eigenvalue weighted by Gasteiger charge is 2.13. The lowest BCUT2D eigenvalue weighted by molar-refractivity contribution is -0.0489. The van der Waals surface area contributed by atoms with Gasteiger partial charge < -0.3 is 14.8 Å². The van der Waals surface area contributed by atoms with Crippen LogP contribution in [-0.2, 0) is 0 Å². The summed E-state index contributed by atoms with van der Waals surface area (Å²) in [6.07, 6.45) is 0. The molecule has 6 heteroatoms. The Morgan fingerprint density at radius 1 is 1.44 bits per heavy atom. The smallest absolute Gasteiger partial charge is 0.387 e. The monoisotopic (exact) mass is 227 g/mol. The van der Waals surface area contributed by atoms with Gasteiger partial charge in [0.1, 0.15) is 11.4 Å². The van der Waals surface area contributed by atoms with E-state index in [4.69, 9.17) is 5.11 Å². The van der Waals surface area contributed by atoms with Crippen LogP contribution in [0.25, 0.3) is 10.9 Å². The van der Waals surface area contributed by atoms with Crippen molar-refractivity contribution in [3.63, 3.8) is 0 Å². The Labute approximate surface area is 88.5 Å². The van der Waals surface area contributed by atoms with Gasteiger partial charge in [-0.2, -0.15) is 8.78 Å². The topological polar surface area (TPSA) is 62.3 Å². The highest BCUT2D eigenvalue weighted by atomic mass is 19.3. The number of hydrogen-bond acceptors (Lipinski definition) is 2. The standard InChI is InChI=1S/C10H7F2NO3/c11-10(12)16-7-3-1-2-5-4-6(9(14)15)13-8(5)7/h1-4,10,13H,(H,14,15). The van der Waals surface area contributed by atoms with Crippen molar-refractivity contribution >= 4 is 16.9 Å². The van der Waals surface area contributed by atoms with Gasteiger partial charge in [0.2, 0.25) is 0 Å². The summed E-state index contributed by atoms with van der Waals surface area (Å²) in [6.45, 7) is -2.94. The van der Waals surface area contributed by atoms with Crippen molar-refractivity contribution in [2.24, 2.45) is 0 Å². The van der Waals surface area contributed by atoms with Crippen LogP contribution >= 0.6 is 0 Å². The molecule has 0 unspecified atom stereocenters. The third-order valence-electron chi connectivity index (χ3n) is 2.06. The minimum absolute atomic E-state index is 0.0692. The van der Waals surface area contributed by atoms with Crippen molar-refractivity contribution in [2.75, 3.05) is 0 Å². The number of alkyl halides is 2. The number of ether oxygens (including phenoxy) is 1. The lowest BCUT2D eigenvalue weighted by atomic mass is 10.2. The van der Waals surface area contributed by atoms with Crippen LogP contribution < -0.4 is 4.74 Å². The molecule has 0 aliphatic heterocycles. The molecule has 0 atom stereocenters. The van der Waals surface area contributed by atoms with E-state index in [9.17, 15) is 13.6 Å². The summed E-state index contributed by atoms with van der Waals surface area (Å²) in [6, 6.07) is 5.82. The molecule has 84 valence electrons. The first-order chi connectivity index (χ1) is 7.58. The lowest BCUT2D eigenvalue weighted by Crippen LogP contribution is -2.02. The fraction of sp³-hybridized carbons (Fsp3) is 0.100. The summed E-state index contributed by atoms with van der Waals surface area (Å²) in [7, 11) is 0. The molecule has 0 aliphatic carbocycles. The Balaban J connectivity index is 2.54. The zero-order valence-electron chi connectivity index (χ0n) is 7.91. The fourth-order valence-corrected chi connectivity index (χ4v) is 1.44. The number of carbonyl (C=O) groups is 1. The Hall–Kier alpha value is -2.11. The number of rotatable bonds is 3. The zero-order chi connectivity index (χ0) is 11.7. The number of benzene rings is 1. The Kier molecular flexibility index (Phi) is 2.47. The zero-order valence-corrected chi connectivity index (χ0v) is 7.91. The largest absolute Gasteiger partial charge is 0.477 e. The van der Waals surface area contributed by atoms with Crippen molar-refractivity contribution in [3.8, 4) is 5.75 Å². The average Bonchev–Trinajstić information content (AvgIpc) is 2.61. The molecule has 0 amide bonds. The van der Waals surface area contributed by atoms with E-state index in [0.29, 0.717) is 5.39 Å². The van der Waals surface area contributed by atoms with Crippen LogP contribution in [0.5, 0.6) is 5.75 Å². The first kappa shape index (κ1) is 10.4. The van der Waals surface area contributed by atoms with Crippen molar-refractivity contribution < 1.29 is 23.4 Å². The number of halogens is 2. The average molecular weight is 227 g/mol. The predicted molar refractivity (Wildman–Crippen MR) is 51.9 cm³/mol. The fourth-order valence-electron chi connectivity index (χ4n) is 1.44. The highest BCUT2D eigenvalue weighted by molar-refractivity contribution is 5.95. The molecule has 2 rings (SSSR count). The second-order valence-corrected chi connectivity index (χ2v) is 3.09. The van der Waals surface area contributed by atoms with Gasteiger partial charge in [0, 0.05) is 5.39 Å². The Morgan fingerprint density at radius 3 is 2.81 bits per heavy atom. The number of nitrogens with one attached hydrogen (secondary N) is 1. The minimum Gasteiger partial charge on any atom is -0.477 e. The van der Waals surface area contributed by atoms with Crippen LogP contribution in [0.3, 0.4) is 0 Å². The molecule has 1 aromatic carbocycles. The number of carboxylic acids is 1. The third-order valence-corrected chi connectivity index (χ3v) is 2.06. The van der Waals surface area contributed by atoms with E-state index in [-0.39, 0.29) is 17.0 Å². The van der Waals surface area contributed by atoms with Gasteiger partial charge in [-0.3, -0.25) is 0 Å². The number of fused-ring (bicyclic) bond motifs is 1. The number of aromatic amines is 1. The molecule has 0 saturated heterocycles. The van der Waals surface area contributed by atoms with Gasteiger partial charge in [-0.25, -0.2) is 4.79 Å². The summed E-state index contributed by atoms with van der Waals surface area (Å²) < 4.78 is 28.4. The van der Waals surface area contributed by atoms with E-state index in [1.54, 1.807) is 6.07 Å². The molecule has 0 fully saturated rings. The Morgan fingerprint density at radius 2 is 2.19 bits per heavy atom.